The minimum absolute atomic E-state index is 0.413. The molecule has 0 saturated carbocycles. The largest absolute Gasteiger partial charge is 0.317 e. The van der Waals surface area contributed by atoms with Crippen LogP contribution in [0.15, 0.2) is 0 Å². The van der Waals surface area contributed by atoms with E-state index in [0.717, 1.165) is 35.5 Å². The summed E-state index contributed by atoms with van der Waals surface area (Å²) in [7, 11) is 0. The van der Waals surface area contributed by atoms with Crippen molar-refractivity contribution in [3.63, 3.8) is 0 Å². The number of nitrogens with one attached hydrogen (secondary N) is 3. The molecule has 3 aliphatic rings. The molecular weight excluding hydrogens is 583 g/mol. The predicted octanol–water partition coefficient (Wildman–Crippen LogP) is 13.6. The van der Waals surface area contributed by atoms with E-state index < -0.39 is 0 Å². The number of hydrogen-bond donors (Lipinski definition) is 3. The lowest BCUT2D eigenvalue weighted by Crippen LogP contribution is -2.53. The molecule has 3 rings (SSSR count). The third-order valence-corrected chi connectivity index (χ3v) is 11.8. The van der Waals surface area contributed by atoms with Crippen LogP contribution in [0.5, 0.6) is 0 Å². The van der Waals surface area contributed by atoms with Crippen LogP contribution in [0.25, 0.3) is 0 Å². The highest BCUT2D eigenvalue weighted by molar-refractivity contribution is 4.95. The van der Waals surface area contributed by atoms with Crippen molar-refractivity contribution < 1.29 is 0 Å². The van der Waals surface area contributed by atoms with Crippen LogP contribution in [0, 0.1) is 46.3 Å². The molecule has 48 heavy (non-hydrogen) atoms. The first kappa shape index (κ1) is 52.2. The van der Waals surface area contributed by atoms with Crippen molar-refractivity contribution in [2.24, 2.45) is 46.3 Å². The summed E-state index contributed by atoms with van der Waals surface area (Å²) in [5.74, 6) is 4.77. The van der Waals surface area contributed by atoms with Gasteiger partial charge in [-0.2, -0.15) is 0 Å². The van der Waals surface area contributed by atoms with Gasteiger partial charge in [0.15, 0.2) is 0 Å². The fraction of sp³-hybridized carbons (Fsp3) is 1.00. The average Bonchev–Trinajstić information content (AvgIpc) is 3.53. The molecule has 0 aliphatic carbocycles. The highest BCUT2D eigenvalue weighted by atomic mass is 15.0. The molecule has 0 aromatic carbocycles. The van der Waals surface area contributed by atoms with E-state index in [1.807, 2.05) is 0 Å². The van der Waals surface area contributed by atoms with E-state index in [1.165, 1.54) is 116 Å². The summed E-state index contributed by atoms with van der Waals surface area (Å²) in [6.07, 6.45) is 17.6. The zero-order valence-corrected chi connectivity index (χ0v) is 37.2. The van der Waals surface area contributed by atoms with Crippen LogP contribution in [0.3, 0.4) is 0 Å². The molecule has 3 heterocycles. The first-order valence-corrected chi connectivity index (χ1v) is 21.7. The van der Waals surface area contributed by atoms with Crippen molar-refractivity contribution in [3.8, 4) is 0 Å². The molecule has 3 heteroatoms. The Balaban J connectivity index is -0.000000561. The molecule has 3 saturated heterocycles. The van der Waals surface area contributed by atoms with Crippen molar-refractivity contribution in [1.29, 1.82) is 0 Å². The van der Waals surface area contributed by atoms with Gasteiger partial charge in [0.05, 0.1) is 0 Å². The molecule has 0 bridgehead atoms. The van der Waals surface area contributed by atoms with Crippen LogP contribution in [0.4, 0.5) is 0 Å². The molecule has 0 radical (unpaired) electrons. The van der Waals surface area contributed by atoms with Gasteiger partial charge < -0.3 is 16.0 Å². The summed E-state index contributed by atoms with van der Waals surface area (Å²) >= 11 is 0. The van der Waals surface area contributed by atoms with Crippen LogP contribution in [0.2, 0.25) is 0 Å². The summed E-state index contributed by atoms with van der Waals surface area (Å²) in [6, 6.07) is 0. The Labute approximate surface area is 307 Å². The SMILES string of the molecule is CC(C)C1(C(C)C)CCCCCN1.CC(C)C1(C(C)C)CCCCNC1.CC(C)C1(C(C)C)CCCNCC1.CCC.CCC.CCC. The second-order valence-corrected chi connectivity index (χ2v) is 17.5. The van der Waals surface area contributed by atoms with Gasteiger partial charge in [0.25, 0.3) is 0 Å². The second-order valence-electron chi connectivity index (χ2n) is 17.5. The van der Waals surface area contributed by atoms with Gasteiger partial charge in [-0.3, -0.25) is 0 Å². The molecular formula is C45H99N3. The lowest BCUT2D eigenvalue weighted by molar-refractivity contribution is 0.0930. The quantitative estimate of drug-likeness (QED) is 0.261. The van der Waals surface area contributed by atoms with Gasteiger partial charge in [-0.1, -0.05) is 163 Å². The Kier molecular flexibility index (Phi) is 33.2. The first-order chi connectivity index (χ1) is 22.5. The molecule has 3 N–H and O–H groups in total. The van der Waals surface area contributed by atoms with Crippen molar-refractivity contribution in [2.45, 2.75) is 214 Å². The molecule has 0 atom stereocenters. The van der Waals surface area contributed by atoms with Gasteiger partial charge in [0.1, 0.15) is 0 Å². The smallest absolute Gasteiger partial charge is 0.0227 e. The van der Waals surface area contributed by atoms with E-state index in [9.17, 15) is 0 Å². The van der Waals surface area contributed by atoms with Gasteiger partial charge in [-0.05, 0) is 117 Å². The van der Waals surface area contributed by atoms with Crippen LogP contribution in [-0.2, 0) is 0 Å². The highest BCUT2D eigenvalue weighted by Crippen LogP contribution is 2.44. The van der Waals surface area contributed by atoms with Gasteiger partial charge in [0.2, 0.25) is 0 Å². The van der Waals surface area contributed by atoms with Gasteiger partial charge in [-0.15, -0.1) is 0 Å². The van der Waals surface area contributed by atoms with Crippen LogP contribution < -0.4 is 16.0 Å². The van der Waals surface area contributed by atoms with E-state index in [2.05, 4.69) is 141 Å². The topological polar surface area (TPSA) is 36.1 Å². The molecule has 3 fully saturated rings. The fourth-order valence-corrected chi connectivity index (χ4v) is 8.48. The van der Waals surface area contributed by atoms with E-state index in [0.29, 0.717) is 16.4 Å². The molecule has 3 nitrogen and oxygen atoms in total. The van der Waals surface area contributed by atoms with E-state index >= 15 is 0 Å². The third-order valence-electron chi connectivity index (χ3n) is 11.8. The van der Waals surface area contributed by atoms with Crippen molar-refractivity contribution in [1.82, 2.24) is 16.0 Å². The first-order valence-electron chi connectivity index (χ1n) is 21.7. The molecule has 0 unspecified atom stereocenters. The Morgan fingerprint density at radius 2 is 0.771 bits per heavy atom. The summed E-state index contributed by atoms with van der Waals surface area (Å²) in [4.78, 5) is 0. The summed E-state index contributed by atoms with van der Waals surface area (Å²) < 4.78 is 0. The van der Waals surface area contributed by atoms with Crippen LogP contribution >= 0.6 is 0 Å². The van der Waals surface area contributed by atoms with Crippen molar-refractivity contribution in [2.75, 3.05) is 32.7 Å². The van der Waals surface area contributed by atoms with Crippen LogP contribution in [0.1, 0.15) is 208 Å². The molecule has 294 valence electrons. The third kappa shape index (κ3) is 19.5. The normalized spacial score (nSPS) is 20.2. The lowest BCUT2D eigenvalue weighted by Gasteiger charge is -2.42. The Hall–Kier alpha value is -0.120. The molecule has 0 amide bonds. The maximum Gasteiger partial charge on any atom is 0.0227 e. The minimum atomic E-state index is 0.413. The molecule has 0 aromatic heterocycles. The number of rotatable bonds is 6. The highest BCUT2D eigenvalue weighted by Gasteiger charge is 2.38. The predicted molar refractivity (Wildman–Crippen MR) is 224 cm³/mol. The second kappa shape index (κ2) is 30.5. The standard InChI is InChI=1S/3C12H25N.3C3H8/c1-10(2)12(11(3)4)6-5-8-13-9-7-12;1-10(2)12(11(3)4)7-5-6-8-13-9-12;1-10(2)12(11(3)4)8-6-5-7-9-13-12;3*1-3-2/h3*10-11,13H,5-9H2,1-4H3;3*3H2,1-2H3. The molecule has 0 spiro atoms. The maximum absolute atomic E-state index is 3.79. The van der Waals surface area contributed by atoms with Gasteiger partial charge in [-0.25, -0.2) is 0 Å². The summed E-state index contributed by atoms with van der Waals surface area (Å²) in [5.41, 5.74) is 1.57. The molecule has 0 aromatic rings. The maximum atomic E-state index is 3.79. The Bertz CT molecular complexity index is 519. The van der Waals surface area contributed by atoms with Gasteiger partial charge >= 0.3 is 0 Å². The zero-order valence-electron chi connectivity index (χ0n) is 37.2. The fourth-order valence-electron chi connectivity index (χ4n) is 8.48. The van der Waals surface area contributed by atoms with E-state index in [-0.39, 0.29) is 0 Å². The van der Waals surface area contributed by atoms with Crippen molar-refractivity contribution in [3.05, 3.63) is 0 Å². The zero-order chi connectivity index (χ0) is 37.8. The monoisotopic (exact) mass is 682 g/mol. The summed E-state index contributed by atoms with van der Waals surface area (Å²) in [6.45, 7) is 47.4. The van der Waals surface area contributed by atoms with Gasteiger partial charge in [0, 0.05) is 12.1 Å². The minimum Gasteiger partial charge on any atom is -0.317 e. The Morgan fingerprint density at radius 1 is 0.375 bits per heavy atom. The lowest BCUT2D eigenvalue weighted by atomic mass is 9.64. The van der Waals surface area contributed by atoms with E-state index in [4.69, 9.17) is 0 Å². The van der Waals surface area contributed by atoms with Crippen molar-refractivity contribution >= 4 is 0 Å². The van der Waals surface area contributed by atoms with E-state index in [1.54, 1.807) is 0 Å². The number of hydrogen-bond acceptors (Lipinski definition) is 3. The van der Waals surface area contributed by atoms with Crippen LogP contribution in [-0.4, -0.2) is 38.3 Å². The average molecular weight is 682 g/mol. The summed E-state index contributed by atoms with van der Waals surface area (Å²) in [5, 5.41) is 10.9. The Morgan fingerprint density at radius 3 is 1.21 bits per heavy atom. The molecule has 3 aliphatic heterocycles.